The number of hydrogen-bond donors (Lipinski definition) is 1. The van der Waals surface area contributed by atoms with Gasteiger partial charge in [0.05, 0.1) is 24.7 Å². The number of hydrogen-bond acceptors (Lipinski definition) is 4. The predicted molar refractivity (Wildman–Crippen MR) is 73.0 cm³/mol. The van der Waals surface area contributed by atoms with E-state index in [4.69, 9.17) is 9.47 Å². The van der Waals surface area contributed by atoms with Gasteiger partial charge in [-0.15, -0.1) is 0 Å². The summed E-state index contributed by atoms with van der Waals surface area (Å²) in [6.45, 7) is 6.72. The van der Waals surface area contributed by atoms with E-state index in [9.17, 15) is 4.79 Å². The minimum Gasteiger partial charge on any atom is -0.379 e. The maximum atomic E-state index is 11.8. The van der Waals surface area contributed by atoms with E-state index in [0.29, 0.717) is 25.9 Å². The Morgan fingerprint density at radius 2 is 2.11 bits per heavy atom. The first kappa shape index (κ1) is 14.8. The van der Waals surface area contributed by atoms with Gasteiger partial charge in [-0.05, 0) is 33.2 Å². The smallest absolute Gasteiger partial charge is 0.230 e. The number of carbonyl (C=O) groups excluding carboxylic acids is 1. The van der Waals surface area contributed by atoms with E-state index in [1.54, 1.807) is 0 Å². The average Bonchev–Trinajstić information content (AvgIpc) is 2.37. The SMILES string of the molecule is CN1CCC(OCCCNC(=O)C2(C)COC2)CC1. The summed E-state index contributed by atoms with van der Waals surface area (Å²) in [6, 6.07) is 0. The van der Waals surface area contributed by atoms with Crippen LogP contribution in [-0.4, -0.2) is 63.4 Å². The van der Waals surface area contributed by atoms with Crippen LogP contribution in [0.2, 0.25) is 0 Å². The molecule has 0 radical (unpaired) electrons. The second-order valence-electron chi connectivity index (χ2n) is 6.04. The lowest BCUT2D eigenvalue weighted by Crippen LogP contribution is -2.52. The number of amides is 1. The van der Waals surface area contributed by atoms with Crippen LogP contribution in [-0.2, 0) is 14.3 Å². The molecule has 0 aliphatic carbocycles. The molecular formula is C14H26N2O3. The Morgan fingerprint density at radius 1 is 1.42 bits per heavy atom. The van der Waals surface area contributed by atoms with Crippen LogP contribution in [0.1, 0.15) is 26.2 Å². The first-order chi connectivity index (χ1) is 9.10. The van der Waals surface area contributed by atoms with Crippen molar-refractivity contribution in [3.63, 3.8) is 0 Å². The molecule has 19 heavy (non-hydrogen) atoms. The van der Waals surface area contributed by atoms with Crippen molar-refractivity contribution in [3.8, 4) is 0 Å². The molecule has 0 unspecified atom stereocenters. The van der Waals surface area contributed by atoms with E-state index in [1.165, 1.54) is 0 Å². The van der Waals surface area contributed by atoms with Crippen molar-refractivity contribution in [3.05, 3.63) is 0 Å². The Kier molecular flexibility index (Phi) is 5.19. The van der Waals surface area contributed by atoms with Crippen molar-refractivity contribution in [2.75, 3.05) is 46.5 Å². The fourth-order valence-corrected chi connectivity index (χ4v) is 2.43. The predicted octanol–water partition coefficient (Wildman–Crippen LogP) is 0.640. The van der Waals surface area contributed by atoms with Crippen LogP contribution in [0.25, 0.3) is 0 Å². The highest BCUT2D eigenvalue weighted by Gasteiger charge is 2.40. The highest BCUT2D eigenvalue weighted by Crippen LogP contribution is 2.26. The average molecular weight is 270 g/mol. The molecule has 2 aliphatic heterocycles. The number of piperidine rings is 1. The molecule has 0 atom stereocenters. The van der Waals surface area contributed by atoms with E-state index in [1.807, 2.05) is 6.92 Å². The van der Waals surface area contributed by atoms with Crippen LogP contribution in [0, 0.1) is 5.41 Å². The van der Waals surface area contributed by atoms with Crippen LogP contribution in [0.5, 0.6) is 0 Å². The molecule has 2 saturated heterocycles. The molecule has 5 nitrogen and oxygen atoms in total. The van der Waals surface area contributed by atoms with Gasteiger partial charge in [0.15, 0.2) is 0 Å². The molecule has 2 fully saturated rings. The fourth-order valence-electron chi connectivity index (χ4n) is 2.43. The van der Waals surface area contributed by atoms with E-state index in [-0.39, 0.29) is 11.3 Å². The monoisotopic (exact) mass is 270 g/mol. The Bertz CT molecular complexity index is 297. The third-order valence-corrected chi connectivity index (χ3v) is 4.02. The Balaban J connectivity index is 1.49. The summed E-state index contributed by atoms with van der Waals surface area (Å²) in [7, 11) is 2.15. The van der Waals surface area contributed by atoms with Crippen LogP contribution in [0.3, 0.4) is 0 Å². The van der Waals surface area contributed by atoms with Crippen LogP contribution in [0.15, 0.2) is 0 Å². The molecule has 2 rings (SSSR count). The zero-order valence-electron chi connectivity index (χ0n) is 12.1. The lowest BCUT2D eigenvalue weighted by Gasteiger charge is -2.36. The number of rotatable bonds is 6. The molecule has 0 bridgehead atoms. The Morgan fingerprint density at radius 3 is 2.68 bits per heavy atom. The lowest BCUT2D eigenvalue weighted by molar-refractivity contribution is -0.157. The highest BCUT2D eigenvalue weighted by atomic mass is 16.5. The van der Waals surface area contributed by atoms with Gasteiger partial charge in [-0.3, -0.25) is 4.79 Å². The molecule has 0 spiro atoms. The summed E-state index contributed by atoms with van der Waals surface area (Å²) < 4.78 is 10.9. The van der Waals surface area contributed by atoms with Crippen LogP contribution >= 0.6 is 0 Å². The zero-order valence-corrected chi connectivity index (χ0v) is 12.1. The molecule has 1 N–H and O–H groups in total. The van der Waals surface area contributed by atoms with Gasteiger partial charge in [0.2, 0.25) is 5.91 Å². The minimum atomic E-state index is -0.297. The number of nitrogens with zero attached hydrogens (tertiary/aromatic N) is 1. The van der Waals surface area contributed by atoms with Crippen molar-refractivity contribution in [2.24, 2.45) is 5.41 Å². The maximum absolute atomic E-state index is 11.8. The standard InChI is InChI=1S/C14H26N2O3/c1-14(10-18-11-14)13(17)15-6-3-9-19-12-4-7-16(2)8-5-12/h12H,3-11H2,1-2H3,(H,15,17). The fraction of sp³-hybridized carbons (Fsp3) is 0.929. The van der Waals surface area contributed by atoms with Crippen molar-refractivity contribution < 1.29 is 14.3 Å². The van der Waals surface area contributed by atoms with Gasteiger partial charge < -0.3 is 19.7 Å². The maximum Gasteiger partial charge on any atom is 0.230 e. The van der Waals surface area contributed by atoms with Crippen molar-refractivity contribution >= 4 is 5.91 Å². The van der Waals surface area contributed by atoms with E-state index in [0.717, 1.165) is 39.0 Å². The first-order valence-corrected chi connectivity index (χ1v) is 7.26. The molecule has 110 valence electrons. The summed E-state index contributed by atoms with van der Waals surface area (Å²) in [4.78, 5) is 14.1. The van der Waals surface area contributed by atoms with Crippen molar-refractivity contribution in [1.29, 1.82) is 0 Å². The quantitative estimate of drug-likeness (QED) is 0.720. The van der Waals surface area contributed by atoms with Gasteiger partial charge >= 0.3 is 0 Å². The summed E-state index contributed by atoms with van der Waals surface area (Å²) in [6.07, 6.45) is 3.54. The minimum absolute atomic E-state index is 0.109. The first-order valence-electron chi connectivity index (χ1n) is 7.26. The largest absolute Gasteiger partial charge is 0.379 e. The Labute approximate surface area is 115 Å². The van der Waals surface area contributed by atoms with Crippen LogP contribution < -0.4 is 5.32 Å². The molecule has 0 aromatic heterocycles. The molecular weight excluding hydrogens is 244 g/mol. The number of nitrogens with one attached hydrogen (secondary N) is 1. The third-order valence-electron chi connectivity index (χ3n) is 4.02. The molecule has 2 aliphatic rings. The van der Waals surface area contributed by atoms with Gasteiger partial charge in [0.25, 0.3) is 0 Å². The Hall–Kier alpha value is -0.650. The number of likely N-dealkylation sites (tertiary alicyclic amines) is 1. The van der Waals surface area contributed by atoms with Gasteiger partial charge in [-0.25, -0.2) is 0 Å². The topological polar surface area (TPSA) is 50.8 Å². The number of carbonyl (C=O) groups is 1. The van der Waals surface area contributed by atoms with E-state index < -0.39 is 0 Å². The summed E-state index contributed by atoms with van der Waals surface area (Å²) in [5.74, 6) is 0.109. The van der Waals surface area contributed by atoms with Crippen molar-refractivity contribution in [2.45, 2.75) is 32.3 Å². The summed E-state index contributed by atoms with van der Waals surface area (Å²) >= 11 is 0. The van der Waals surface area contributed by atoms with Gasteiger partial charge in [0, 0.05) is 26.2 Å². The zero-order chi connectivity index (χ0) is 13.7. The lowest BCUT2D eigenvalue weighted by atomic mass is 9.87. The summed E-state index contributed by atoms with van der Waals surface area (Å²) in [5, 5.41) is 2.96. The van der Waals surface area contributed by atoms with Crippen molar-refractivity contribution in [1.82, 2.24) is 10.2 Å². The van der Waals surface area contributed by atoms with Gasteiger partial charge in [0.1, 0.15) is 0 Å². The second-order valence-corrected chi connectivity index (χ2v) is 6.04. The van der Waals surface area contributed by atoms with Gasteiger partial charge in [-0.2, -0.15) is 0 Å². The van der Waals surface area contributed by atoms with Gasteiger partial charge in [-0.1, -0.05) is 0 Å². The molecule has 5 heteroatoms. The highest BCUT2D eigenvalue weighted by molar-refractivity contribution is 5.83. The normalized spacial score (nSPS) is 23.9. The molecule has 0 saturated carbocycles. The molecule has 2 heterocycles. The molecule has 0 aromatic carbocycles. The molecule has 0 aromatic rings. The number of ether oxygens (including phenoxy) is 2. The third kappa shape index (κ3) is 4.16. The molecule has 1 amide bonds. The van der Waals surface area contributed by atoms with E-state index in [2.05, 4.69) is 17.3 Å². The second kappa shape index (κ2) is 6.68. The van der Waals surface area contributed by atoms with Crippen LogP contribution in [0.4, 0.5) is 0 Å². The van der Waals surface area contributed by atoms with E-state index >= 15 is 0 Å². The summed E-state index contributed by atoms with van der Waals surface area (Å²) in [5.41, 5.74) is -0.297.